The van der Waals surface area contributed by atoms with Gasteiger partial charge in [-0.1, -0.05) is 48.5 Å². The second-order valence-corrected chi connectivity index (χ2v) is 4.98. The molecule has 0 saturated heterocycles. The van der Waals surface area contributed by atoms with Crippen molar-refractivity contribution in [3.63, 3.8) is 0 Å². The SMILES string of the molecule is COC(=O)/C(=C/c1c[nH]c2ccccc12)N=Cc1ccccc1. The summed E-state index contributed by atoms with van der Waals surface area (Å²) in [5.74, 6) is -0.470. The minimum Gasteiger partial charge on any atom is -0.464 e. The number of aromatic nitrogens is 1. The summed E-state index contributed by atoms with van der Waals surface area (Å²) >= 11 is 0. The number of benzene rings is 2. The summed E-state index contributed by atoms with van der Waals surface area (Å²) in [4.78, 5) is 19.5. The van der Waals surface area contributed by atoms with Crippen molar-refractivity contribution < 1.29 is 9.53 Å². The van der Waals surface area contributed by atoms with Crippen LogP contribution in [0.2, 0.25) is 0 Å². The van der Waals surface area contributed by atoms with Crippen molar-refractivity contribution >= 4 is 29.2 Å². The topological polar surface area (TPSA) is 54.5 Å². The fourth-order valence-corrected chi connectivity index (χ4v) is 2.30. The van der Waals surface area contributed by atoms with E-state index in [9.17, 15) is 4.79 Å². The molecule has 0 aliphatic heterocycles. The molecule has 0 saturated carbocycles. The van der Waals surface area contributed by atoms with E-state index in [1.807, 2.05) is 60.8 Å². The van der Waals surface area contributed by atoms with E-state index in [4.69, 9.17) is 4.74 Å². The van der Waals surface area contributed by atoms with E-state index in [2.05, 4.69) is 9.98 Å². The highest BCUT2D eigenvalue weighted by Crippen LogP contribution is 2.21. The predicted octanol–water partition coefficient (Wildman–Crippen LogP) is 3.80. The number of hydrogen-bond acceptors (Lipinski definition) is 3. The number of esters is 1. The van der Waals surface area contributed by atoms with Gasteiger partial charge in [0.1, 0.15) is 5.70 Å². The van der Waals surface area contributed by atoms with Crippen LogP contribution >= 0.6 is 0 Å². The molecule has 0 bridgehead atoms. The zero-order chi connectivity index (χ0) is 16.1. The first-order valence-corrected chi connectivity index (χ1v) is 7.23. The monoisotopic (exact) mass is 304 g/mol. The van der Waals surface area contributed by atoms with Crippen molar-refractivity contribution in [3.05, 3.63) is 77.6 Å². The zero-order valence-corrected chi connectivity index (χ0v) is 12.7. The number of aromatic amines is 1. The van der Waals surface area contributed by atoms with E-state index in [-0.39, 0.29) is 5.70 Å². The van der Waals surface area contributed by atoms with Crippen molar-refractivity contribution in [3.8, 4) is 0 Å². The van der Waals surface area contributed by atoms with Gasteiger partial charge < -0.3 is 9.72 Å². The number of fused-ring (bicyclic) bond motifs is 1. The summed E-state index contributed by atoms with van der Waals surface area (Å²) < 4.78 is 4.83. The van der Waals surface area contributed by atoms with Gasteiger partial charge in [-0.25, -0.2) is 9.79 Å². The Labute approximate surface area is 134 Å². The first-order chi connectivity index (χ1) is 11.3. The number of para-hydroxylation sites is 1. The van der Waals surface area contributed by atoms with Gasteiger partial charge in [0.25, 0.3) is 0 Å². The number of nitrogens with one attached hydrogen (secondary N) is 1. The highest BCUT2D eigenvalue weighted by Gasteiger charge is 2.10. The van der Waals surface area contributed by atoms with Crippen molar-refractivity contribution in [2.75, 3.05) is 7.11 Å². The number of methoxy groups -OCH3 is 1. The Morgan fingerprint density at radius 3 is 2.61 bits per heavy atom. The van der Waals surface area contributed by atoms with Crippen LogP contribution in [0.4, 0.5) is 0 Å². The average molecular weight is 304 g/mol. The smallest absolute Gasteiger partial charge is 0.356 e. The molecule has 0 aliphatic carbocycles. The van der Waals surface area contributed by atoms with E-state index in [0.717, 1.165) is 22.0 Å². The second kappa shape index (κ2) is 6.75. The molecule has 23 heavy (non-hydrogen) atoms. The lowest BCUT2D eigenvalue weighted by Crippen LogP contribution is -2.03. The number of hydrogen-bond donors (Lipinski definition) is 1. The van der Waals surface area contributed by atoms with Gasteiger partial charge in [-0.05, 0) is 17.7 Å². The number of nitrogens with zero attached hydrogens (tertiary/aromatic N) is 1. The third kappa shape index (κ3) is 3.37. The Balaban J connectivity index is 1.99. The Bertz CT molecular complexity index is 877. The van der Waals surface area contributed by atoms with Crippen LogP contribution in [0.1, 0.15) is 11.1 Å². The molecule has 2 aromatic carbocycles. The second-order valence-electron chi connectivity index (χ2n) is 4.98. The summed E-state index contributed by atoms with van der Waals surface area (Å²) in [5.41, 5.74) is 3.07. The Hall–Kier alpha value is -3.14. The van der Waals surface area contributed by atoms with Gasteiger partial charge >= 0.3 is 5.97 Å². The van der Waals surface area contributed by atoms with Crippen LogP contribution in [0.5, 0.6) is 0 Å². The molecule has 1 heterocycles. The van der Waals surface area contributed by atoms with Crippen LogP contribution in [0.25, 0.3) is 17.0 Å². The zero-order valence-electron chi connectivity index (χ0n) is 12.7. The average Bonchev–Trinajstić information content (AvgIpc) is 3.02. The normalized spacial score (nSPS) is 12.0. The van der Waals surface area contributed by atoms with E-state index in [1.54, 1.807) is 12.3 Å². The largest absolute Gasteiger partial charge is 0.464 e. The lowest BCUT2D eigenvalue weighted by molar-refractivity contribution is -0.136. The molecule has 0 fully saturated rings. The van der Waals surface area contributed by atoms with Crippen LogP contribution < -0.4 is 0 Å². The molecule has 0 unspecified atom stereocenters. The van der Waals surface area contributed by atoms with Gasteiger partial charge in [-0.15, -0.1) is 0 Å². The maximum Gasteiger partial charge on any atom is 0.356 e. The third-order valence-electron chi connectivity index (χ3n) is 3.46. The lowest BCUT2D eigenvalue weighted by Gasteiger charge is -2.00. The molecule has 0 radical (unpaired) electrons. The minimum atomic E-state index is -0.470. The first-order valence-electron chi connectivity index (χ1n) is 7.23. The van der Waals surface area contributed by atoms with E-state index in [0.29, 0.717) is 0 Å². The molecule has 0 atom stereocenters. The summed E-state index contributed by atoms with van der Waals surface area (Å²) in [6.07, 6.45) is 5.23. The molecule has 0 aliphatic rings. The van der Waals surface area contributed by atoms with Gasteiger partial charge in [0, 0.05) is 28.9 Å². The summed E-state index contributed by atoms with van der Waals surface area (Å²) in [5, 5.41) is 1.03. The quantitative estimate of drug-likeness (QED) is 0.453. The number of carbonyl (C=O) groups excluding carboxylic acids is 1. The number of carbonyl (C=O) groups is 1. The number of ether oxygens (including phenoxy) is 1. The number of H-pyrrole nitrogens is 1. The maximum atomic E-state index is 12.0. The Morgan fingerprint density at radius 2 is 1.83 bits per heavy atom. The van der Waals surface area contributed by atoms with Crippen molar-refractivity contribution in [2.45, 2.75) is 0 Å². The standard InChI is InChI=1S/C19H16N2O2/c1-23-19(22)18(20-12-14-7-3-2-4-8-14)11-15-13-21-17-10-6-5-9-16(15)17/h2-13,21H,1H3/b18-11-,20-12?. The van der Waals surface area contributed by atoms with Crippen LogP contribution in [0.3, 0.4) is 0 Å². The molecule has 3 aromatic rings. The summed E-state index contributed by atoms with van der Waals surface area (Å²) in [7, 11) is 1.35. The minimum absolute atomic E-state index is 0.251. The maximum absolute atomic E-state index is 12.0. The molecule has 4 nitrogen and oxygen atoms in total. The highest BCUT2D eigenvalue weighted by molar-refractivity contribution is 5.99. The van der Waals surface area contributed by atoms with Gasteiger partial charge in [-0.3, -0.25) is 0 Å². The fourth-order valence-electron chi connectivity index (χ4n) is 2.30. The van der Waals surface area contributed by atoms with E-state index >= 15 is 0 Å². The Morgan fingerprint density at radius 1 is 1.09 bits per heavy atom. The molecule has 4 heteroatoms. The summed E-state index contributed by atoms with van der Waals surface area (Å²) in [6, 6.07) is 17.5. The van der Waals surface area contributed by atoms with Gasteiger partial charge in [0.2, 0.25) is 0 Å². The van der Waals surface area contributed by atoms with E-state index < -0.39 is 5.97 Å². The van der Waals surface area contributed by atoms with Crippen molar-refractivity contribution in [1.82, 2.24) is 4.98 Å². The molecule has 114 valence electrons. The molecular weight excluding hydrogens is 288 g/mol. The molecule has 1 aromatic heterocycles. The highest BCUT2D eigenvalue weighted by atomic mass is 16.5. The van der Waals surface area contributed by atoms with Crippen LogP contribution in [-0.2, 0) is 9.53 Å². The molecule has 0 amide bonds. The molecule has 0 spiro atoms. The van der Waals surface area contributed by atoms with Gasteiger partial charge in [-0.2, -0.15) is 0 Å². The fraction of sp³-hybridized carbons (Fsp3) is 0.0526. The van der Waals surface area contributed by atoms with Gasteiger partial charge in [0.05, 0.1) is 7.11 Å². The molecule has 1 N–H and O–H groups in total. The number of aliphatic imine (C=N–C) groups is 1. The van der Waals surface area contributed by atoms with Crippen LogP contribution in [0, 0.1) is 0 Å². The van der Waals surface area contributed by atoms with Crippen molar-refractivity contribution in [1.29, 1.82) is 0 Å². The predicted molar refractivity (Wildman–Crippen MR) is 92.3 cm³/mol. The van der Waals surface area contributed by atoms with Crippen molar-refractivity contribution in [2.24, 2.45) is 4.99 Å². The van der Waals surface area contributed by atoms with Crippen LogP contribution in [0.15, 0.2) is 71.5 Å². The molecular formula is C19H16N2O2. The summed E-state index contributed by atoms with van der Waals surface area (Å²) in [6.45, 7) is 0. The third-order valence-corrected chi connectivity index (χ3v) is 3.46. The number of rotatable bonds is 4. The Kier molecular flexibility index (Phi) is 4.34. The van der Waals surface area contributed by atoms with E-state index in [1.165, 1.54) is 7.11 Å². The molecule has 3 rings (SSSR count). The van der Waals surface area contributed by atoms with Crippen LogP contribution in [-0.4, -0.2) is 24.3 Å². The first kappa shape index (κ1) is 14.8. The lowest BCUT2D eigenvalue weighted by atomic mass is 10.1. The van der Waals surface area contributed by atoms with Gasteiger partial charge in [0.15, 0.2) is 0 Å².